The van der Waals surface area contributed by atoms with Crippen LogP contribution in [0.3, 0.4) is 0 Å². The predicted molar refractivity (Wildman–Crippen MR) is 104 cm³/mol. The lowest BCUT2D eigenvalue weighted by Crippen LogP contribution is -2.40. The van der Waals surface area contributed by atoms with E-state index >= 15 is 0 Å². The summed E-state index contributed by atoms with van der Waals surface area (Å²) in [6.07, 6.45) is 0.437. The van der Waals surface area contributed by atoms with Crippen molar-refractivity contribution in [3.05, 3.63) is 65.6 Å². The first-order chi connectivity index (χ1) is 12.8. The molecule has 3 aromatic rings. The van der Waals surface area contributed by atoms with Crippen molar-refractivity contribution in [2.24, 2.45) is 0 Å². The molecule has 4 nitrogen and oxygen atoms in total. The van der Waals surface area contributed by atoms with Gasteiger partial charge in [0, 0.05) is 35.3 Å². The molecule has 2 heterocycles. The Morgan fingerprint density at radius 2 is 1.78 bits per heavy atom. The van der Waals surface area contributed by atoms with Gasteiger partial charge in [0.1, 0.15) is 11.4 Å². The Balaban J connectivity index is 1.77. The molecule has 0 unspecified atom stereocenters. The van der Waals surface area contributed by atoms with Gasteiger partial charge in [0.05, 0.1) is 12.1 Å². The van der Waals surface area contributed by atoms with Crippen LogP contribution < -0.4 is 0 Å². The fourth-order valence-corrected chi connectivity index (χ4v) is 3.68. The lowest BCUT2D eigenvalue weighted by atomic mass is 10.0. The number of ether oxygens (including phenoxy) is 1. The van der Waals surface area contributed by atoms with Gasteiger partial charge in [-0.2, -0.15) is 0 Å². The molecule has 1 aromatic heterocycles. The van der Waals surface area contributed by atoms with Crippen LogP contribution in [0.25, 0.3) is 16.6 Å². The first kappa shape index (κ1) is 17.6. The third-order valence-corrected chi connectivity index (χ3v) is 4.79. The largest absolute Gasteiger partial charge is 0.444 e. The number of hydrogen-bond acceptors (Lipinski definition) is 2. The Morgan fingerprint density at radius 3 is 2.48 bits per heavy atom. The second-order valence-corrected chi connectivity index (χ2v) is 7.91. The van der Waals surface area contributed by atoms with Crippen molar-refractivity contribution in [1.29, 1.82) is 0 Å². The van der Waals surface area contributed by atoms with Crippen molar-refractivity contribution in [1.82, 2.24) is 9.47 Å². The first-order valence-corrected chi connectivity index (χ1v) is 9.18. The number of para-hydroxylation sites is 1. The maximum absolute atomic E-state index is 13.4. The lowest BCUT2D eigenvalue weighted by molar-refractivity contribution is 0.0224. The molecule has 5 heteroatoms. The van der Waals surface area contributed by atoms with Gasteiger partial charge in [-0.05, 0) is 51.1 Å². The number of carbonyl (C=O) groups excluding carboxylic acids is 1. The Labute approximate surface area is 158 Å². The molecule has 1 aliphatic heterocycles. The van der Waals surface area contributed by atoms with Crippen LogP contribution in [0.4, 0.5) is 9.18 Å². The van der Waals surface area contributed by atoms with Crippen LogP contribution in [-0.4, -0.2) is 27.7 Å². The van der Waals surface area contributed by atoms with E-state index in [0.717, 1.165) is 28.6 Å². The summed E-state index contributed by atoms with van der Waals surface area (Å²) in [6, 6.07) is 14.7. The molecule has 0 atom stereocenters. The van der Waals surface area contributed by atoms with E-state index in [4.69, 9.17) is 4.74 Å². The molecule has 140 valence electrons. The molecule has 27 heavy (non-hydrogen) atoms. The quantitative estimate of drug-likeness (QED) is 0.603. The van der Waals surface area contributed by atoms with Gasteiger partial charge in [-0.15, -0.1) is 0 Å². The summed E-state index contributed by atoms with van der Waals surface area (Å²) in [5, 5.41) is 1.12. The van der Waals surface area contributed by atoms with Gasteiger partial charge in [0.2, 0.25) is 0 Å². The lowest BCUT2D eigenvalue weighted by Gasteiger charge is -2.30. The van der Waals surface area contributed by atoms with Crippen molar-refractivity contribution in [3.8, 4) is 5.69 Å². The SMILES string of the molecule is CC(C)(C)OC(=O)N1CCc2c(c3ccccc3n2-c2ccc(F)cc2)C1. The number of nitrogens with zero attached hydrogens (tertiary/aromatic N) is 2. The Bertz CT molecular complexity index is 1000. The normalized spacial score (nSPS) is 14.3. The Morgan fingerprint density at radius 1 is 1.07 bits per heavy atom. The van der Waals surface area contributed by atoms with Crippen molar-refractivity contribution in [2.45, 2.75) is 39.3 Å². The average molecular weight is 366 g/mol. The Kier molecular flexibility index (Phi) is 4.17. The monoisotopic (exact) mass is 366 g/mol. The van der Waals surface area contributed by atoms with Crippen LogP contribution in [0.2, 0.25) is 0 Å². The van der Waals surface area contributed by atoms with Gasteiger partial charge >= 0.3 is 6.09 Å². The van der Waals surface area contributed by atoms with Crippen LogP contribution in [0.1, 0.15) is 32.0 Å². The highest BCUT2D eigenvalue weighted by Crippen LogP contribution is 2.34. The average Bonchev–Trinajstić information content (AvgIpc) is 2.95. The third kappa shape index (κ3) is 3.29. The number of aromatic nitrogens is 1. The van der Waals surface area contributed by atoms with Crippen molar-refractivity contribution < 1.29 is 13.9 Å². The number of hydrogen-bond donors (Lipinski definition) is 0. The fourth-order valence-electron chi connectivity index (χ4n) is 3.68. The van der Waals surface area contributed by atoms with Crippen LogP contribution in [-0.2, 0) is 17.7 Å². The van der Waals surface area contributed by atoms with E-state index in [9.17, 15) is 9.18 Å². The third-order valence-electron chi connectivity index (χ3n) is 4.79. The van der Waals surface area contributed by atoms with E-state index in [2.05, 4.69) is 16.7 Å². The minimum Gasteiger partial charge on any atom is -0.444 e. The smallest absolute Gasteiger partial charge is 0.410 e. The van der Waals surface area contributed by atoms with Gasteiger partial charge < -0.3 is 14.2 Å². The standard InChI is InChI=1S/C22H23FN2O2/c1-22(2,3)27-21(26)24-13-12-20-18(14-24)17-6-4-5-7-19(17)25(20)16-10-8-15(23)9-11-16/h4-11H,12-14H2,1-3H3. The summed E-state index contributed by atoms with van der Waals surface area (Å²) >= 11 is 0. The summed E-state index contributed by atoms with van der Waals surface area (Å²) in [5.74, 6) is -0.250. The van der Waals surface area contributed by atoms with Crippen LogP contribution in [0.5, 0.6) is 0 Å². The maximum atomic E-state index is 13.4. The van der Waals surface area contributed by atoms with Crippen molar-refractivity contribution in [2.75, 3.05) is 6.54 Å². The molecule has 0 bridgehead atoms. The van der Waals surface area contributed by atoms with E-state index < -0.39 is 5.60 Å². The molecule has 0 spiro atoms. The van der Waals surface area contributed by atoms with E-state index in [1.54, 1.807) is 17.0 Å². The first-order valence-electron chi connectivity index (χ1n) is 9.18. The maximum Gasteiger partial charge on any atom is 0.410 e. The highest BCUT2D eigenvalue weighted by molar-refractivity contribution is 5.88. The zero-order valence-electron chi connectivity index (χ0n) is 15.8. The zero-order valence-corrected chi connectivity index (χ0v) is 15.8. The molecule has 0 N–H and O–H groups in total. The van der Waals surface area contributed by atoms with Crippen LogP contribution >= 0.6 is 0 Å². The van der Waals surface area contributed by atoms with Crippen molar-refractivity contribution >= 4 is 17.0 Å². The number of carbonyl (C=O) groups is 1. The minimum absolute atomic E-state index is 0.250. The number of halogens is 1. The topological polar surface area (TPSA) is 34.5 Å². The van der Waals surface area contributed by atoms with E-state index in [-0.39, 0.29) is 11.9 Å². The van der Waals surface area contributed by atoms with E-state index in [1.807, 2.05) is 32.9 Å². The van der Waals surface area contributed by atoms with Crippen LogP contribution in [0.15, 0.2) is 48.5 Å². The van der Waals surface area contributed by atoms with Gasteiger partial charge in [-0.25, -0.2) is 9.18 Å². The minimum atomic E-state index is -0.514. The molecule has 0 aliphatic carbocycles. The van der Waals surface area contributed by atoms with E-state index in [0.29, 0.717) is 13.1 Å². The number of fused-ring (bicyclic) bond motifs is 3. The molecular formula is C22H23FN2O2. The molecule has 0 saturated heterocycles. The van der Waals surface area contributed by atoms with Gasteiger partial charge in [0.15, 0.2) is 0 Å². The summed E-state index contributed by atoms with van der Waals surface area (Å²) < 4.78 is 21.1. The zero-order chi connectivity index (χ0) is 19.2. The molecule has 1 amide bonds. The van der Waals surface area contributed by atoms with E-state index in [1.165, 1.54) is 17.8 Å². The van der Waals surface area contributed by atoms with Crippen LogP contribution in [0, 0.1) is 5.82 Å². The van der Waals surface area contributed by atoms with Gasteiger partial charge in [-0.3, -0.25) is 0 Å². The summed E-state index contributed by atoms with van der Waals surface area (Å²) in [4.78, 5) is 14.3. The summed E-state index contributed by atoms with van der Waals surface area (Å²) in [7, 11) is 0. The summed E-state index contributed by atoms with van der Waals surface area (Å²) in [5.41, 5.74) is 3.79. The second-order valence-electron chi connectivity index (χ2n) is 7.91. The Hall–Kier alpha value is -2.82. The highest BCUT2D eigenvalue weighted by atomic mass is 19.1. The van der Waals surface area contributed by atoms with Gasteiger partial charge in [0.25, 0.3) is 0 Å². The molecular weight excluding hydrogens is 343 g/mol. The predicted octanol–water partition coefficient (Wildman–Crippen LogP) is 5.06. The number of amides is 1. The molecule has 0 saturated carbocycles. The molecule has 0 radical (unpaired) electrons. The number of rotatable bonds is 1. The fraction of sp³-hybridized carbons (Fsp3) is 0.318. The summed E-state index contributed by atoms with van der Waals surface area (Å²) in [6.45, 7) is 6.74. The van der Waals surface area contributed by atoms with Gasteiger partial charge in [-0.1, -0.05) is 18.2 Å². The second kappa shape index (κ2) is 6.41. The highest BCUT2D eigenvalue weighted by Gasteiger charge is 2.29. The van der Waals surface area contributed by atoms with Crippen molar-refractivity contribution in [3.63, 3.8) is 0 Å². The molecule has 1 aliphatic rings. The molecule has 4 rings (SSSR count). The molecule has 0 fully saturated rings. The molecule has 2 aromatic carbocycles. The number of benzene rings is 2.